The Morgan fingerprint density at radius 2 is 1.28 bits per heavy atom. The van der Waals surface area contributed by atoms with E-state index in [-0.39, 0.29) is 0 Å². The Morgan fingerprint density at radius 3 is 2.19 bits per heavy atom. The van der Waals surface area contributed by atoms with Gasteiger partial charge in [-0.15, -0.1) is 0 Å². The Hall–Kier alpha value is -4.37. The number of nitrogens with zero attached hydrogens (tertiary/aromatic N) is 3. The van der Waals surface area contributed by atoms with Crippen molar-refractivity contribution in [3.05, 3.63) is 115 Å². The van der Waals surface area contributed by atoms with Crippen LogP contribution in [0.5, 0.6) is 0 Å². The Kier molecular flexibility index (Phi) is 3.55. The highest BCUT2D eigenvalue weighted by Gasteiger charge is 2.15. The van der Waals surface area contributed by atoms with E-state index >= 15 is 0 Å². The van der Waals surface area contributed by atoms with E-state index in [0.717, 1.165) is 22.4 Å². The van der Waals surface area contributed by atoms with Gasteiger partial charge in [0.1, 0.15) is 5.65 Å². The minimum atomic E-state index is 0.972. The Labute approximate surface area is 184 Å². The lowest BCUT2D eigenvalue weighted by Gasteiger charge is -2.10. The molecule has 0 atom stereocenters. The molecule has 4 aromatic carbocycles. The number of pyridine rings is 1. The molecule has 3 heteroatoms. The molecule has 0 aliphatic heterocycles. The standard InChI is InChI=1S/C29H19N3/c1-2-9-20(10-3-1)21-11-8-12-22(17-21)32-26-15-6-4-13-23(26)24-18-29-30-25-14-5-7-16-27(25)31(29)19-28(24)32/h1-19H. The zero-order valence-electron chi connectivity index (χ0n) is 17.3. The van der Waals surface area contributed by atoms with Crippen LogP contribution in [0.2, 0.25) is 0 Å². The zero-order valence-corrected chi connectivity index (χ0v) is 17.3. The minimum absolute atomic E-state index is 0.972. The maximum atomic E-state index is 4.86. The van der Waals surface area contributed by atoms with Crippen molar-refractivity contribution in [2.45, 2.75) is 0 Å². The first-order valence-electron chi connectivity index (χ1n) is 10.8. The lowest BCUT2D eigenvalue weighted by Crippen LogP contribution is -1.95. The van der Waals surface area contributed by atoms with Gasteiger partial charge < -0.3 is 4.57 Å². The smallest absolute Gasteiger partial charge is 0.138 e. The number of para-hydroxylation sites is 3. The summed E-state index contributed by atoms with van der Waals surface area (Å²) in [6.07, 6.45) is 2.23. The van der Waals surface area contributed by atoms with Crippen molar-refractivity contribution in [3.63, 3.8) is 0 Å². The second kappa shape index (κ2) is 6.56. The van der Waals surface area contributed by atoms with Crippen molar-refractivity contribution in [2.24, 2.45) is 0 Å². The zero-order chi connectivity index (χ0) is 21.1. The lowest BCUT2D eigenvalue weighted by atomic mass is 10.1. The van der Waals surface area contributed by atoms with Gasteiger partial charge in [-0.25, -0.2) is 4.98 Å². The van der Waals surface area contributed by atoms with Gasteiger partial charge in [0.2, 0.25) is 0 Å². The maximum absolute atomic E-state index is 4.86. The Balaban J connectivity index is 1.58. The van der Waals surface area contributed by atoms with Gasteiger partial charge in [-0.05, 0) is 47.5 Å². The summed E-state index contributed by atoms with van der Waals surface area (Å²) in [4.78, 5) is 4.86. The van der Waals surface area contributed by atoms with Crippen LogP contribution in [0, 0.1) is 0 Å². The van der Waals surface area contributed by atoms with Crippen molar-refractivity contribution >= 4 is 38.5 Å². The molecule has 0 unspecified atom stereocenters. The molecule has 3 nitrogen and oxygen atoms in total. The normalized spacial score (nSPS) is 11.8. The van der Waals surface area contributed by atoms with Crippen LogP contribution in [0.3, 0.4) is 0 Å². The van der Waals surface area contributed by atoms with Crippen LogP contribution in [0.25, 0.3) is 55.3 Å². The number of hydrogen-bond donors (Lipinski definition) is 0. The molecule has 3 aromatic heterocycles. The van der Waals surface area contributed by atoms with E-state index in [1.807, 2.05) is 6.07 Å². The fourth-order valence-electron chi connectivity index (χ4n) is 4.85. The molecule has 32 heavy (non-hydrogen) atoms. The van der Waals surface area contributed by atoms with Crippen LogP contribution < -0.4 is 0 Å². The SMILES string of the molecule is c1ccc(-c2cccc(-n3c4ccccc4c4cc5nc6ccccc6n5cc43)c2)cc1. The topological polar surface area (TPSA) is 22.2 Å². The van der Waals surface area contributed by atoms with Gasteiger partial charge in [0.05, 0.1) is 22.1 Å². The molecular weight excluding hydrogens is 390 g/mol. The van der Waals surface area contributed by atoms with E-state index in [1.165, 1.54) is 32.9 Å². The summed E-state index contributed by atoms with van der Waals surface area (Å²) in [7, 11) is 0. The third-order valence-corrected chi connectivity index (χ3v) is 6.31. The van der Waals surface area contributed by atoms with Crippen molar-refractivity contribution in [2.75, 3.05) is 0 Å². The van der Waals surface area contributed by atoms with Crippen LogP contribution in [-0.4, -0.2) is 14.0 Å². The number of rotatable bonds is 2. The predicted octanol–water partition coefficient (Wildman–Crippen LogP) is 7.25. The fourth-order valence-corrected chi connectivity index (χ4v) is 4.85. The molecule has 0 saturated heterocycles. The first-order valence-corrected chi connectivity index (χ1v) is 10.8. The van der Waals surface area contributed by atoms with E-state index < -0.39 is 0 Å². The summed E-state index contributed by atoms with van der Waals surface area (Å²) in [5.74, 6) is 0. The molecule has 0 fully saturated rings. The second-order valence-electron chi connectivity index (χ2n) is 8.17. The first-order chi connectivity index (χ1) is 15.9. The summed E-state index contributed by atoms with van der Waals surface area (Å²) in [5, 5.41) is 2.45. The van der Waals surface area contributed by atoms with Crippen molar-refractivity contribution in [1.29, 1.82) is 0 Å². The number of hydrogen-bond acceptors (Lipinski definition) is 1. The van der Waals surface area contributed by atoms with Gasteiger partial charge in [0, 0.05) is 22.7 Å². The van der Waals surface area contributed by atoms with Crippen molar-refractivity contribution in [1.82, 2.24) is 14.0 Å². The molecule has 0 radical (unpaired) electrons. The predicted molar refractivity (Wildman–Crippen MR) is 132 cm³/mol. The molecule has 0 spiro atoms. The fraction of sp³-hybridized carbons (Fsp3) is 0. The average Bonchev–Trinajstić information content (AvgIpc) is 3.38. The van der Waals surface area contributed by atoms with Gasteiger partial charge in [-0.1, -0.05) is 72.8 Å². The Morgan fingerprint density at radius 1 is 0.531 bits per heavy atom. The number of aromatic nitrogens is 3. The monoisotopic (exact) mass is 409 g/mol. The molecule has 0 N–H and O–H groups in total. The molecule has 3 heterocycles. The van der Waals surface area contributed by atoms with E-state index in [1.54, 1.807) is 0 Å². The molecule has 150 valence electrons. The van der Waals surface area contributed by atoms with E-state index in [4.69, 9.17) is 4.98 Å². The number of benzene rings is 4. The number of fused-ring (bicyclic) bond motifs is 6. The van der Waals surface area contributed by atoms with Crippen molar-refractivity contribution < 1.29 is 0 Å². The van der Waals surface area contributed by atoms with E-state index in [0.29, 0.717) is 0 Å². The molecule has 0 aliphatic rings. The van der Waals surface area contributed by atoms with Gasteiger partial charge >= 0.3 is 0 Å². The second-order valence-corrected chi connectivity index (χ2v) is 8.17. The molecule has 7 aromatic rings. The molecule has 7 rings (SSSR count). The van der Waals surface area contributed by atoms with E-state index in [9.17, 15) is 0 Å². The minimum Gasteiger partial charge on any atom is -0.308 e. The highest BCUT2D eigenvalue weighted by Crippen LogP contribution is 2.34. The van der Waals surface area contributed by atoms with Crippen LogP contribution in [0.15, 0.2) is 115 Å². The van der Waals surface area contributed by atoms with Gasteiger partial charge in [-0.3, -0.25) is 4.40 Å². The third-order valence-electron chi connectivity index (χ3n) is 6.31. The van der Waals surface area contributed by atoms with Gasteiger partial charge in [0.25, 0.3) is 0 Å². The average molecular weight is 409 g/mol. The highest BCUT2D eigenvalue weighted by molar-refractivity contribution is 6.10. The number of imidazole rings is 1. The van der Waals surface area contributed by atoms with Crippen LogP contribution in [-0.2, 0) is 0 Å². The van der Waals surface area contributed by atoms with Crippen molar-refractivity contribution in [3.8, 4) is 16.8 Å². The molecule has 0 amide bonds. The molecule has 0 bridgehead atoms. The lowest BCUT2D eigenvalue weighted by molar-refractivity contribution is 1.15. The summed E-state index contributed by atoms with van der Waals surface area (Å²) >= 11 is 0. The first kappa shape index (κ1) is 17.3. The molecule has 0 aliphatic carbocycles. The summed E-state index contributed by atoms with van der Waals surface area (Å²) in [6, 6.07) is 38.5. The van der Waals surface area contributed by atoms with Gasteiger partial charge in [0.15, 0.2) is 0 Å². The van der Waals surface area contributed by atoms with Crippen LogP contribution in [0.4, 0.5) is 0 Å². The highest BCUT2D eigenvalue weighted by atomic mass is 15.0. The molecular formula is C29H19N3. The largest absolute Gasteiger partial charge is 0.308 e. The summed E-state index contributed by atoms with van der Waals surface area (Å²) in [5.41, 5.74) is 9.07. The van der Waals surface area contributed by atoms with E-state index in [2.05, 4.69) is 118 Å². The molecule has 0 saturated carbocycles. The van der Waals surface area contributed by atoms with Crippen LogP contribution in [0.1, 0.15) is 0 Å². The summed E-state index contributed by atoms with van der Waals surface area (Å²) in [6.45, 7) is 0. The van der Waals surface area contributed by atoms with Crippen LogP contribution >= 0.6 is 0 Å². The van der Waals surface area contributed by atoms with Gasteiger partial charge in [-0.2, -0.15) is 0 Å². The maximum Gasteiger partial charge on any atom is 0.138 e. The third kappa shape index (κ3) is 2.45. The quantitative estimate of drug-likeness (QED) is 0.295. The summed E-state index contributed by atoms with van der Waals surface area (Å²) < 4.78 is 4.57. The Bertz CT molecular complexity index is 1770.